The SMILES string of the molecule is CCCCCCCCCCC1CC(N[C@@H](C)C(=O)OCc2ccccc2)C(=O)O1. The Balaban J connectivity index is 1.59. The minimum Gasteiger partial charge on any atom is -0.461 e. The first-order chi connectivity index (χ1) is 14.1. The molecule has 162 valence electrons. The van der Waals surface area contributed by atoms with Crippen molar-refractivity contribution in [3.8, 4) is 0 Å². The topological polar surface area (TPSA) is 64.6 Å². The molecule has 5 heteroatoms. The molecule has 0 bridgehead atoms. The third-order valence-corrected chi connectivity index (χ3v) is 5.47. The molecule has 0 amide bonds. The van der Waals surface area contributed by atoms with Gasteiger partial charge in [0.05, 0.1) is 0 Å². The van der Waals surface area contributed by atoms with Crippen LogP contribution in [0.2, 0.25) is 0 Å². The molecule has 1 aromatic rings. The highest BCUT2D eigenvalue weighted by atomic mass is 16.6. The molecule has 3 atom stereocenters. The number of rotatable bonds is 14. The Morgan fingerprint density at radius 2 is 1.76 bits per heavy atom. The largest absolute Gasteiger partial charge is 0.461 e. The van der Waals surface area contributed by atoms with Crippen LogP contribution in [-0.4, -0.2) is 30.1 Å². The second-order valence-electron chi connectivity index (χ2n) is 8.09. The fraction of sp³-hybridized carbons (Fsp3) is 0.667. The van der Waals surface area contributed by atoms with Gasteiger partial charge in [0.25, 0.3) is 0 Å². The van der Waals surface area contributed by atoms with Crippen LogP contribution < -0.4 is 5.32 Å². The van der Waals surface area contributed by atoms with Gasteiger partial charge in [-0.1, -0.05) is 82.2 Å². The van der Waals surface area contributed by atoms with Gasteiger partial charge in [0.15, 0.2) is 0 Å². The molecule has 1 aliphatic heterocycles. The zero-order valence-corrected chi connectivity index (χ0v) is 18.0. The number of cyclic esters (lactones) is 1. The number of benzene rings is 1. The third-order valence-electron chi connectivity index (χ3n) is 5.47. The maximum Gasteiger partial charge on any atom is 0.323 e. The molecule has 1 saturated heterocycles. The normalized spacial score (nSPS) is 19.7. The highest BCUT2D eigenvalue weighted by Crippen LogP contribution is 2.21. The van der Waals surface area contributed by atoms with Gasteiger partial charge in [-0.15, -0.1) is 0 Å². The van der Waals surface area contributed by atoms with Crippen molar-refractivity contribution in [2.24, 2.45) is 0 Å². The van der Waals surface area contributed by atoms with Gasteiger partial charge in [-0.2, -0.15) is 0 Å². The summed E-state index contributed by atoms with van der Waals surface area (Å²) in [6.45, 7) is 4.20. The van der Waals surface area contributed by atoms with E-state index >= 15 is 0 Å². The lowest BCUT2D eigenvalue weighted by Crippen LogP contribution is -2.44. The van der Waals surface area contributed by atoms with E-state index in [2.05, 4.69) is 12.2 Å². The smallest absolute Gasteiger partial charge is 0.323 e. The molecule has 29 heavy (non-hydrogen) atoms. The third kappa shape index (κ3) is 8.99. The summed E-state index contributed by atoms with van der Waals surface area (Å²) >= 11 is 0. The Kier molecular flexibility index (Phi) is 10.8. The molecular weight excluding hydrogens is 366 g/mol. The van der Waals surface area contributed by atoms with E-state index in [0.29, 0.717) is 6.42 Å². The average Bonchev–Trinajstić information content (AvgIpc) is 3.08. The maximum absolute atomic E-state index is 12.2. The van der Waals surface area contributed by atoms with E-state index < -0.39 is 12.1 Å². The number of carbonyl (C=O) groups excluding carboxylic acids is 2. The van der Waals surface area contributed by atoms with Crippen molar-refractivity contribution >= 4 is 11.9 Å². The standard InChI is InChI=1S/C24H37NO4/c1-3-4-5-6-7-8-9-13-16-21-17-22(24(27)29-21)25-19(2)23(26)28-18-20-14-11-10-12-15-20/h10-12,14-15,19,21-22,25H,3-9,13,16-18H2,1-2H3/t19-,21?,22?/m0/s1. The summed E-state index contributed by atoms with van der Waals surface area (Å²) in [6.07, 6.45) is 11.6. The van der Waals surface area contributed by atoms with Crippen LogP contribution in [0.25, 0.3) is 0 Å². The number of ether oxygens (including phenoxy) is 2. The molecule has 0 aliphatic carbocycles. The van der Waals surface area contributed by atoms with Crippen LogP contribution in [0.1, 0.15) is 83.6 Å². The summed E-state index contributed by atoms with van der Waals surface area (Å²) in [5, 5.41) is 3.08. The van der Waals surface area contributed by atoms with Crippen LogP contribution in [0.5, 0.6) is 0 Å². The van der Waals surface area contributed by atoms with Crippen LogP contribution in [0, 0.1) is 0 Å². The number of hydrogen-bond acceptors (Lipinski definition) is 5. The number of nitrogens with one attached hydrogen (secondary N) is 1. The van der Waals surface area contributed by atoms with Gasteiger partial charge in [0.2, 0.25) is 0 Å². The monoisotopic (exact) mass is 403 g/mol. The van der Waals surface area contributed by atoms with Gasteiger partial charge in [-0.25, -0.2) is 0 Å². The summed E-state index contributed by atoms with van der Waals surface area (Å²) in [6, 6.07) is 8.60. The molecule has 1 heterocycles. The first kappa shape index (κ1) is 23.4. The Morgan fingerprint density at radius 3 is 2.45 bits per heavy atom. The van der Waals surface area contributed by atoms with E-state index in [1.807, 2.05) is 30.3 Å². The first-order valence-corrected chi connectivity index (χ1v) is 11.3. The molecule has 1 N–H and O–H groups in total. The molecule has 2 unspecified atom stereocenters. The number of carbonyl (C=O) groups is 2. The minimum absolute atomic E-state index is 0.0346. The quantitative estimate of drug-likeness (QED) is 0.353. The molecule has 1 aliphatic rings. The van der Waals surface area contributed by atoms with E-state index in [-0.39, 0.29) is 24.6 Å². The number of hydrogen-bond donors (Lipinski definition) is 1. The maximum atomic E-state index is 12.2. The van der Waals surface area contributed by atoms with Crippen molar-refractivity contribution in [3.05, 3.63) is 35.9 Å². The molecule has 0 radical (unpaired) electrons. The van der Waals surface area contributed by atoms with Gasteiger partial charge in [-0.3, -0.25) is 14.9 Å². The Labute approximate surface area is 175 Å². The molecule has 0 saturated carbocycles. The van der Waals surface area contributed by atoms with E-state index in [1.54, 1.807) is 6.92 Å². The lowest BCUT2D eigenvalue weighted by Gasteiger charge is -2.16. The zero-order chi connectivity index (χ0) is 20.9. The van der Waals surface area contributed by atoms with Crippen molar-refractivity contribution in [2.45, 2.75) is 103 Å². The van der Waals surface area contributed by atoms with E-state index in [1.165, 1.54) is 44.9 Å². The molecule has 0 spiro atoms. The van der Waals surface area contributed by atoms with Crippen LogP contribution in [-0.2, 0) is 25.7 Å². The molecule has 2 rings (SSSR count). The van der Waals surface area contributed by atoms with Gasteiger partial charge >= 0.3 is 11.9 Å². The minimum atomic E-state index is -0.543. The molecular formula is C24H37NO4. The van der Waals surface area contributed by atoms with Crippen molar-refractivity contribution in [1.82, 2.24) is 5.32 Å². The predicted molar refractivity (Wildman–Crippen MR) is 114 cm³/mol. The van der Waals surface area contributed by atoms with Crippen LogP contribution in [0.3, 0.4) is 0 Å². The van der Waals surface area contributed by atoms with E-state index in [0.717, 1.165) is 18.4 Å². The average molecular weight is 404 g/mol. The van der Waals surface area contributed by atoms with Crippen LogP contribution in [0.4, 0.5) is 0 Å². The predicted octanol–water partition coefficient (Wildman–Crippen LogP) is 4.92. The molecule has 1 fully saturated rings. The lowest BCUT2D eigenvalue weighted by molar-refractivity contribution is -0.148. The number of unbranched alkanes of at least 4 members (excludes halogenated alkanes) is 7. The highest BCUT2D eigenvalue weighted by Gasteiger charge is 2.35. The van der Waals surface area contributed by atoms with Crippen molar-refractivity contribution in [3.63, 3.8) is 0 Å². The summed E-state index contributed by atoms with van der Waals surface area (Å²) in [5.74, 6) is -0.606. The first-order valence-electron chi connectivity index (χ1n) is 11.3. The second-order valence-corrected chi connectivity index (χ2v) is 8.09. The van der Waals surface area contributed by atoms with E-state index in [9.17, 15) is 9.59 Å². The summed E-state index contributed by atoms with van der Waals surface area (Å²) < 4.78 is 10.8. The van der Waals surface area contributed by atoms with Crippen LogP contribution >= 0.6 is 0 Å². The van der Waals surface area contributed by atoms with Crippen molar-refractivity contribution < 1.29 is 19.1 Å². The van der Waals surface area contributed by atoms with Gasteiger partial charge < -0.3 is 9.47 Å². The second kappa shape index (κ2) is 13.4. The summed E-state index contributed by atoms with van der Waals surface area (Å²) in [7, 11) is 0. The zero-order valence-electron chi connectivity index (χ0n) is 18.0. The molecule has 0 aromatic heterocycles. The Morgan fingerprint density at radius 1 is 1.10 bits per heavy atom. The van der Waals surface area contributed by atoms with Crippen molar-refractivity contribution in [1.29, 1.82) is 0 Å². The van der Waals surface area contributed by atoms with Gasteiger partial charge in [0.1, 0.15) is 24.8 Å². The van der Waals surface area contributed by atoms with Gasteiger partial charge in [0, 0.05) is 6.42 Å². The van der Waals surface area contributed by atoms with Crippen LogP contribution in [0.15, 0.2) is 30.3 Å². The number of esters is 2. The fourth-order valence-corrected chi connectivity index (χ4v) is 3.70. The molecule has 5 nitrogen and oxygen atoms in total. The Hall–Kier alpha value is -1.88. The summed E-state index contributed by atoms with van der Waals surface area (Å²) in [5.41, 5.74) is 0.943. The van der Waals surface area contributed by atoms with Crippen molar-refractivity contribution in [2.75, 3.05) is 0 Å². The highest BCUT2D eigenvalue weighted by molar-refractivity contribution is 5.80. The fourth-order valence-electron chi connectivity index (χ4n) is 3.70. The van der Waals surface area contributed by atoms with E-state index in [4.69, 9.17) is 9.47 Å². The van der Waals surface area contributed by atoms with Gasteiger partial charge in [-0.05, 0) is 25.3 Å². The summed E-state index contributed by atoms with van der Waals surface area (Å²) in [4.78, 5) is 24.3. The molecule has 1 aromatic carbocycles. The Bertz CT molecular complexity index is 604. The lowest BCUT2D eigenvalue weighted by atomic mass is 10.0.